The average molecular weight is 501 g/mol. The maximum atomic E-state index is 13.0. The summed E-state index contributed by atoms with van der Waals surface area (Å²) < 4.78 is 15.4. The van der Waals surface area contributed by atoms with Gasteiger partial charge in [-0.1, -0.05) is 23.9 Å². The van der Waals surface area contributed by atoms with Crippen LogP contribution in [0.2, 0.25) is 0 Å². The van der Waals surface area contributed by atoms with E-state index in [4.69, 9.17) is 0 Å². The van der Waals surface area contributed by atoms with Crippen LogP contribution in [0.5, 0.6) is 0 Å². The Morgan fingerprint density at radius 1 is 1.07 bits per heavy atom. The molecule has 0 spiro atoms. The van der Waals surface area contributed by atoms with Crippen LogP contribution >= 0.6 is 39.0 Å². The van der Waals surface area contributed by atoms with Gasteiger partial charge < -0.3 is 5.32 Å². The lowest BCUT2D eigenvalue weighted by atomic mass is 10.1. The molecule has 1 amide bonds. The Morgan fingerprint density at radius 3 is 2.60 bits per heavy atom. The molecule has 0 aliphatic carbocycles. The molecule has 0 fully saturated rings. The third-order valence-corrected chi connectivity index (χ3v) is 7.09. The molecule has 4 aromatic rings. The molecule has 0 unspecified atom stereocenters. The Balaban J connectivity index is 1.44. The number of Topliss-reactive ketones (excluding diaryl/α,β-unsaturated/α-hetero) is 1. The van der Waals surface area contributed by atoms with Crippen molar-refractivity contribution >= 4 is 66.6 Å². The fraction of sp³-hybridized carbons (Fsp3) is 0.0455. The van der Waals surface area contributed by atoms with Crippen LogP contribution in [-0.4, -0.2) is 22.4 Å². The smallest absolute Gasteiger partial charge is 0.256 e. The summed E-state index contributed by atoms with van der Waals surface area (Å²) in [5.41, 5.74) is 2.50. The number of hydrogen-bond acceptors (Lipinski definition) is 5. The standard InChI is InChI=1S/C22H14BrFN2O2S2/c23-17-4-2-1-3-16(17)21(28)25-15-9-10-18-20(11-15)30-22(26-18)29-12-19(27)13-5-7-14(24)8-6-13/h1-11H,12H2,(H,25,28). The normalized spacial score (nSPS) is 10.9. The van der Waals surface area contributed by atoms with Gasteiger partial charge >= 0.3 is 0 Å². The van der Waals surface area contributed by atoms with Crippen molar-refractivity contribution < 1.29 is 14.0 Å². The highest BCUT2D eigenvalue weighted by Crippen LogP contribution is 2.32. The van der Waals surface area contributed by atoms with E-state index in [1.165, 1.54) is 47.4 Å². The number of benzene rings is 3. The SMILES string of the molecule is O=C(CSc1nc2ccc(NC(=O)c3ccccc3Br)cc2s1)c1ccc(F)cc1. The van der Waals surface area contributed by atoms with Crippen LogP contribution in [0.3, 0.4) is 0 Å². The molecule has 0 aliphatic rings. The molecule has 0 saturated heterocycles. The molecule has 1 N–H and O–H groups in total. The maximum Gasteiger partial charge on any atom is 0.256 e. The van der Waals surface area contributed by atoms with E-state index in [2.05, 4.69) is 26.2 Å². The fourth-order valence-corrected chi connectivity index (χ4v) is 5.20. The molecule has 150 valence electrons. The second kappa shape index (κ2) is 9.07. The molecule has 0 saturated carbocycles. The van der Waals surface area contributed by atoms with E-state index in [1.807, 2.05) is 30.3 Å². The van der Waals surface area contributed by atoms with E-state index in [9.17, 15) is 14.0 Å². The number of amides is 1. The molecule has 8 heteroatoms. The number of anilines is 1. The predicted octanol–water partition coefficient (Wildman–Crippen LogP) is 6.43. The van der Waals surface area contributed by atoms with E-state index in [0.29, 0.717) is 16.8 Å². The molecule has 4 nitrogen and oxygen atoms in total. The average Bonchev–Trinajstić information content (AvgIpc) is 3.15. The van der Waals surface area contributed by atoms with Crippen molar-refractivity contribution in [3.8, 4) is 0 Å². The quantitative estimate of drug-likeness (QED) is 0.245. The van der Waals surface area contributed by atoms with E-state index in [0.717, 1.165) is 19.0 Å². The van der Waals surface area contributed by atoms with E-state index in [1.54, 1.807) is 12.1 Å². The Labute approximate surface area is 188 Å². The molecule has 1 aromatic heterocycles. The highest BCUT2D eigenvalue weighted by atomic mass is 79.9. The van der Waals surface area contributed by atoms with Gasteiger partial charge in [-0.25, -0.2) is 9.37 Å². The van der Waals surface area contributed by atoms with E-state index in [-0.39, 0.29) is 23.3 Å². The molecule has 0 atom stereocenters. The van der Waals surface area contributed by atoms with Crippen LogP contribution in [0, 0.1) is 5.82 Å². The second-order valence-electron chi connectivity index (χ2n) is 6.31. The number of thiazole rings is 1. The van der Waals surface area contributed by atoms with Crippen molar-refractivity contribution in [2.24, 2.45) is 0 Å². The number of hydrogen-bond donors (Lipinski definition) is 1. The summed E-state index contributed by atoms with van der Waals surface area (Å²) in [5.74, 6) is -0.434. The predicted molar refractivity (Wildman–Crippen MR) is 123 cm³/mol. The van der Waals surface area contributed by atoms with Gasteiger partial charge in [0.25, 0.3) is 5.91 Å². The Bertz CT molecular complexity index is 1240. The summed E-state index contributed by atoms with van der Waals surface area (Å²) in [6.45, 7) is 0. The minimum Gasteiger partial charge on any atom is -0.322 e. The first kappa shape index (κ1) is 20.7. The molecular weight excluding hydrogens is 487 g/mol. The Morgan fingerprint density at radius 2 is 1.83 bits per heavy atom. The zero-order chi connectivity index (χ0) is 21.1. The van der Waals surface area contributed by atoms with Gasteiger partial charge in [-0.05, 0) is 70.5 Å². The molecule has 0 aliphatic heterocycles. The van der Waals surface area contributed by atoms with Crippen LogP contribution in [0.25, 0.3) is 10.2 Å². The van der Waals surface area contributed by atoms with Gasteiger partial charge in [0.2, 0.25) is 0 Å². The van der Waals surface area contributed by atoms with Crippen molar-refractivity contribution in [3.05, 3.63) is 88.1 Å². The van der Waals surface area contributed by atoms with Gasteiger partial charge in [0.15, 0.2) is 10.1 Å². The number of carbonyl (C=O) groups excluding carboxylic acids is 2. The van der Waals surface area contributed by atoms with E-state index < -0.39 is 0 Å². The summed E-state index contributed by atoms with van der Waals surface area (Å²) in [6, 6.07) is 18.3. The van der Waals surface area contributed by atoms with Crippen LogP contribution in [0.15, 0.2) is 75.5 Å². The van der Waals surface area contributed by atoms with Crippen LogP contribution in [0.1, 0.15) is 20.7 Å². The van der Waals surface area contributed by atoms with Gasteiger partial charge in [0, 0.05) is 15.7 Å². The lowest BCUT2D eigenvalue weighted by Crippen LogP contribution is -2.12. The summed E-state index contributed by atoms with van der Waals surface area (Å²) in [4.78, 5) is 29.3. The molecular formula is C22H14BrFN2O2S2. The number of aromatic nitrogens is 1. The largest absolute Gasteiger partial charge is 0.322 e. The van der Waals surface area contributed by atoms with Crippen molar-refractivity contribution in [1.29, 1.82) is 0 Å². The summed E-state index contributed by atoms with van der Waals surface area (Å²) in [5, 5.41) is 2.90. The Hall–Kier alpha value is -2.55. The van der Waals surface area contributed by atoms with Gasteiger partial charge in [-0.3, -0.25) is 9.59 Å². The highest BCUT2D eigenvalue weighted by molar-refractivity contribution is 9.10. The topological polar surface area (TPSA) is 59.1 Å². The van der Waals surface area contributed by atoms with Crippen molar-refractivity contribution in [1.82, 2.24) is 4.98 Å². The summed E-state index contributed by atoms with van der Waals surface area (Å²) in [7, 11) is 0. The Kier molecular flexibility index (Phi) is 6.26. The first-order chi connectivity index (χ1) is 14.5. The molecule has 3 aromatic carbocycles. The maximum absolute atomic E-state index is 13.0. The van der Waals surface area contributed by atoms with Gasteiger partial charge in [0.1, 0.15) is 5.82 Å². The van der Waals surface area contributed by atoms with Crippen molar-refractivity contribution in [2.75, 3.05) is 11.1 Å². The zero-order valence-corrected chi connectivity index (χ0v) is 18.6. The number of rotatable bonds is 6. The van der Waals surface area contributed by atoms with Gasteiger partial charge in [-0.15, -0.1) is 11.3 Å². The third kappa shape index (κ3) is 4.77. The first-order valence-corrected chi connectivity index (χ1v) is 11.5. The molecule has 1 heterocycles. The van der Waals surface area contributed by atoms with Gasteiger partial charge in [-0.2, -0.15) is 0 Å². The number of nitrogens with one attached hydrogen (secondary N) is 1. The fourth-order valence-electron chi connectivity index (χ4n) is 2.73. The minimum absolute atomic E-state index is 0.0827. The van der Waals surface area contributed by atoms with Crippen LogP contribution in [-0.2, 0) is 0 Å². The summed E-state index contributed by atoms with van der Waals surface area (Å²) >= 11 is 6.18. The third-order valence-electron chi connectivity index (χ3n) is 4.24. The lowest BCUT2D eigenvalue weighted by Gasteiger charge is -2.06. The number of nitrogens with zero attached hydrogens (tertiary/aromatic N) is 1. The molecule has 30 heavy (non-hydrogen) atoms. The second-order valence-corrected chi connectivity index (χ2v) is 9.42. The molecule has 4 rings (SSSR count). The van der Waals surface area contributed by atoms with Gasteiger partial charge in [0.05, 0.1) is 21.5 Å². The summed E-state index contributed by atoms with van der Waals surface area (Å²) in [6.07, 6.45) is 0. The van der Waals surface area contributed by atoms with Crippen molar-refractivity contribution in [2.45, 2.75) is 4.34 Å². The van der Waals surface area contributed by atoms with Crippen LogP contribution in [0.4, 0.5) is 10.1 Å². The molecule has 0 radical (unpaired) electrons. The number of carbonyl (C=O) groups is 2. The number of ketones is 1. The minimum atomic E-state index is -0.368. The zero-order valence-electron chi connectivity index (χ0n) is 15.4. The first-order valence-electron chi connectivity index (χ1n) is 8.87. The number of fused-ring (bicyclic) bond motifs is 1. The van der Waals surface area contributed by atoms with Crippen molar-refractivity contribution in [3.63, 3.8) is 0 Å². The monoisotopic (exact) mass is 500 g/mol. The van der Waals surface area contributed by atoms with Crippen LogP contribution < -0.4 is 5.32 Å². The lowest BCUT2D eigenvalue weighted by molar-refractivity contribution is 0.101. The van der Waals surface area contributed by atoms with E-state index >= 15 is 0 Å². The highest BCUT2D eigenvalue weighted by Gasteiger charge is 2.13. The molecule has 0 bridgehead atoms. The number of halogens is 2. The number of thioether (sulfide) groups is 1.